The summed E-state index contributed by atoms with van der Waals surface area (Å²) in [5.41, 5.74) is 0.737. The fourth-order valence-corrected chi connectivity index (χ4v) is 5.74. The third-order valence-corrected chi connectivity index (χ3v) is 6.33. The average Bonchev–Trinajstić information content (AvgIpc) is 2.63. The van der Waals surface area contributed by atoms with Crippen LogP contribution in [0.3, 0.4) is 0 Å². The first-order chi connectivity index (χ1) is 13.0. The van der Waals surface area contributed by atoms with Crippen molar-refractivity contribution in [2.24, 2.45) is 17.8 Å². The highest BCUT2D eigenvalue weighted by Gasteiger charge is 2.51. The van der Waals surface area contributed by atoms with Crippen LogP contribution in [-0.4, -0.2) is 31.1 Å². The smallest absolute Gasteiger partial charge is 0.331 e. The molecule has 0 aromatic heterocycles. The summed E-state index contributed by atoms with van der Waals surface area (Å²) in [5, 5.41) is 3.21. The van der Waals surface area contributed by atoms with Crippen LogP contribution in [0.1, 0.15) is 44.1 Å². The molecule has 4 aliphatic carbocycles. The molecule has 0 atom stereocenters. The molecule has 5 heteroatoms. The molecule has 0 saturated heterocycles. The van der Waals surface area contributed by atoms with Gasteiger partial charge in [-0.1, -0.05) is 18.2 Å². The zero-order valence-corrected chi connectivity index (χ0v) is 15.8. The van der Waals surface area contributed by atoms with E-state index in [1.165, 1.54) is 25.3 Å². The lowest BCUT2D eigenvalue weighted by Gasteiger charge is -2.56. The molecule has 4 aliphatic rings. The molecule has 0 unspecified atom stereocenters. The molecule has 5 nitrogen and oxygen atoms in total. The summed E-state index contributed by atoms with van der Waals surface area (Å²) in [6, 6.07) is 7.40. The number of amides is 1. The molecule has 0 spiro atoms. The number of methoxy groups -OCH3 is 1. The first-order valence-electron chi connectivity index (χ1n) is 9.84. The van der Waals surface area contributed by atoms with Crippen LogP contribution in [-0.2, 0) is 14.3 Å². The number of nitrogens with one attached hydrogen (secondary N) is 1. The number of para-hydroxylation sites is 1. The van der Waals surface area contributed by atoms with E-state index in [4.69, 9.17) is 9.47 Å². The van der Waals surface area contributed by atoms with Crippen LogP contribution in [0, 0.1) is 17.8 Å². The van der Waals surface area contributed by atoms with E-state index >= 15 is 0 Å². The predicted octanol–water partition coefficient (Wildman–Crippen LogP) is 3.34. The molecule has 0 aliphatic heterocycles. The Balaban J connectivity index is 1.28. The molecule has 4 fully saturated rings. The van der Waals surface area contributed by atoms with Crippen molar-refractivity contribution in [3.8, 4) is 5.75 Å². The number of esters is 1. The van der Waals surface area contributed by atoms with Crippen molar-refractivity contribution >= 4 is 18.0 Å². The van der Waals surface area contributed by atoms with Crippen LogP contribution in [0.2, 0.25) is 0 Å². The predicted molar refractivity (Wildman–Crippen MR) is 102 cm³/mol. The fourth-order valence-electron chi connectivity index (χ4n) is 5.74. The van der Waals surface area contributed by atoms with Crippen LogP contribution >= 0.6 is 0 Å². The highest BCUT2D eigenvalue weighted by atomic mass is 16.5. The maximum Gasteiger partial charge on any atom is 0.331 e. The standard InChI is InChI=1S/C22H27NO4/c1-26-19-5-3-2-4-18(19)6-7-21(25)27-14-20(24)23-22-11-15-8-16(12-22)10-17(9-15)13-22/h2-7,15-17H,8-14H2,1H3,(H,23,24). The lowest BCUT2D eigenvalue weighted by Crippen LogP contribution is -2.60. The van der Waals surface area contributed by atoms with Crippen LogP contribution in [0.4, 0.5) is 0 Å². The van der Waals surface area contributed by atoms with Crippen LogP contribution in [0.5, 0.6) is 5.75 Å². The van der Waals surface area contributed by atoms with Gasteiger partial charge in [-0.3, -0.25) is 4.79 Å². The lowest BCUT2D eigenvalue weighted by atomic mass is 9.53. The third kappa shape index (κ3) is 4.02. The molecule has 1 N–H and O–H groups in total. The minimum absolute atomic E-state index is 0.0501. The van der Waals surface area contributed by atoms with Gasteiger partial charge in [0.05, 0.1) is 7.11 Å². The number of hydrogen-bond acceptors (Lipinski definition) is 4. The fraction of sp³-hybridized carbons (Fsp3) is 0.545. The molecule has 27 heavy (non-hydrogen) atoms. The van der Waals surface area contributed by atoms with Gasteiger partial charge in [0.2, 0.25) is 0 Å². The zero-order chi connectivity index (χ0) is 18.9. The molecule has 1 aromatic rings. The number of carbonyl (C=O) groups is 2. The van der Waals surface area contributed by atoms with Gasteiger partial charge >= 0.3 is 5.97 Å². The first kappa shape index (κ1) is 18.1. The van der Waals surface area contributed by atoms with E-state index < -0.39 is 5.97 Å². The Hall–Kier alpha value is -2.30. The Morgan fingerprint density at radius 1 is 1.11 bits per heavy atom. The van der Waals surface area contributed by atoms with Crippen LogP contribution in [0.25, 0.3) is 6.08 Å². The summed E-state index contributed by atoms with van der Waals surface area (Å²) in [6.45, 7) is -0.225. The quantitative estimate of drug-likeness (QED) is 0.617. The van der Waals surface area contributed by atoms with Gasteiger partial charge in [-0.2, -0.15) is 0 Å². The van der Waals surface area contributed by atoms with Crippen molar-refractivity contribution in [2.45, 2.75) is 44.1 Å². The lowest BCUT2D eigenvalue weighted by molar-refractivity contribution is -0.145. The van der Waals surface area contributed by atoms with E-state index in [0.717, 1.165) is 42.6 Å². The van der Waals surface area contributed by atoms with Crippen LogP contribution < -0.4 is 10.1 Å². The second-order valence-corrected chi connectivity index (χ2v) is 8.43. The van der Waals surface area contributed by atoms with Crippen molar-refractivity contribution in [3.63, 3.8) is 0 Å². The van der Waals surface area contributed by atoms with Crippen LogP contribution in [0.15, 0.2) is 30.3 Å². The first-order valence-corrected chi connectivity index (χ1v) is 9.84. The SMILES string of the molecule is COc1ccccc1C=CC(=O)OCC(=O)NC12CC3CC(CC(C3)C1)C2. The van der Waals surface area contributed by atoms with Gasteiger partial charge in [-0.25, -0.2) is 4.79 Å². The molecule has 144 valence electrons. The Labute approximate surface area is 160 Å². The number of benzene rings is 1. The van der Waals surface area contributed by atoms with E-state index in [1.807, 2.05) is 24.3 Å². The summed E-state index contributed by atoms with van der Waals surface area (Å²) in [4.78, 5) is 24.3. The molecule has 1 aromatic carbocycles. The Morgan fingerprint density at radius 3 is 2.37 bits per heavy atom. The Kier molecular flexibility index (Phi) is 4.94. The van der Waals surface area contributed by atoms with Gasteiger partial charge in [-0.15, -0.1) is 0 Å². The van der Waals surface area contributed by atoms with E-state index in [9.17, 15) is 9.59 Å². The highest BCUT2D eigenvalue weighted by molar-refractivity contribution is 5.89. The normalized spacial score (nSPS) is 31.1. The van der Waals surface area contributed by atoms with Gasteiger partial charge in [-0.05, 0) is 68.4 Å². The topological polar surface area (TPSA) is 64.6 Å². The van der Waals surface area contributed by atoms with E-state index in [0.29, 0.717) is 5.75 Å². The summed E-state index contributed by atoms with van der Waals surface area (Å²) in [5.74, 6) is 2.27. The summed E-state index contributed by atoms with van der Waals surface area (Å²) in [6.07, 6.45) is 10.2. The monoisotopic (exact) mass is 369 g/mol. The van der Waals surface area contributed by atoms with E-state index in [1.54, 1.807) is 13.2 Å². The van der Waals surface area contributed by atoms with E-state index in [2.05, 4.69) is 5.32 Å². The van der Waals surface area contributed by atoms with Gasteiger partial charge in [0.15, 0.2) is 6.61 Å². The Morgan fingerprint density at radius 2 is 1.74 bits per heavy atom. The number of ether oxygens (including phenoxy) is 2. The second kappa shape index (κ2) is 7.37. The second-order valence-electron chi connectivity index (χ2n) is 8.43. The number of rotatable bonds is 6. The van der Waals surface area contributed by atoms with Crippen molar-refractivity contribution in [1.29, 1.82) is 0 Å². The van der Waals surface area contributed by atoms with Gasteiger partial charge in [0, 0.05) is 17.2 Å². The summed E-state index contributed by atoms with van der Waals surface area (Å²) in [7, 11) is 1.58. The molecular weight excluding hydrogens is 342 g/mol. The number of carbonyl (C=O) groups excluding carboxylic acids is 2. The zero-order valence-electron chi connectivity index (χ0n) is 15.8. The van der Waals surface area contributed by atoms with Gasteiger partial charge in [0.25, 0.3) is 5.91 Å². The number of hydrogen-bond donors (Lipinski definition) is 1. The summed E-state index contributed by atoms with van der Waals surface area (Å²) < 4.78 is 10.4. The largest absolute Gasteiger partial charge is 0.496 e. The van der Waals surface area contributed by atoms with Gasteiger partial charge in [0.1, 0.15) is 5.75 Å². The van der Waals surface area contributed by atoms with Crippen molar-refractivity contribution in [3.05, 3.63) is 35.9 Å². The van der Waals surface area contributed by atoms with E-state index in [-0.39, 0.29) is 18.1 Å². The molecule has 0 heterocycles. The third-order valence-electron chi connectivity index (χ3n) is 6.33. The minimum atomic E-state index is -0.526. The average molecular weight is 369 g/mol. The molecule has 5 rings (SSSR count). The highest BCUT2D eigenvalue weighted by Crippen LogP contribution is 2.55. The van der Waals surface area contributed by atoms with Crippen molar-refractivity contribution < 1.29 is 19.1 Å². The van der Waals surface area contributed by atoms with Crippen molar-refractivity contribution in [1.82, 2.24) is 5.32 Å². The van der Waals surface area contributed by atoms with Crippen molar-refractivity contribution in [2.75, 3.05) is 13.7 Å². The molecule has 4 bridgehead atoms. The molecule has 4 saturated carbocycles. The maximum absolute atomic E-state index is 12.4. The molecular formula is C22H27NO4. The Bertz CT molecular complexity index is 719. The minimum Gasteiger partial charge on any atom is -0.496 e. The molecule has 0 radical (unpaired) electrons. The maximum atomic E-state index is 12.4. The van der Waals surface area contributed by atoms with Gasteiger partial charge < -0.3 is 14.8 Å². The molecule has 1 amide bonds. The summed E-state index contributed by atoms with van der Waals surface area (Å²) >= 11 is 0.